The summed E-state index contributed by atoms with van der Waals surface area (Å²) in [7, 11) is 0. The van der Waals surface area contributed by atoms with Gasteiger partial charge in [-0.25, -0.2) is 15.3 Å². The van der Waals surface area contributed by atoms with Crippen LogP contribution in [-0.2, 0) is 16.0 Å². The summed E-state index contributed by atoms with van der Waals surface area (Å²) < 4.78 is 0. The molecular formula is C20H25N5O4S. The highest BCUT2D eigenvalue weighted by Crippen LogP contribution is 2.22. The van der Waals surface area contributed by atoms with Gasteiger partial charge < -0.3 is 15.1 Å². The van der Waals surface area contributed by atoms with Crippen molar-refractivity contribution in [3.05, 3.63) is 46.4 Å². The SMILES string of the molecule is Cc1ncsc1CCN(CC(=O)NO)C(=O)N1CCC[C@H]1C(=O)Nc1ccccc1. The topological polar surface area (TPSA) is 115 Å². The average Bonchev–Trinajstić information content (AvgIpc) is 3.40. The summed E-state index contributed by atoms with van der Waals surface area (Å²) in [5, 5.41) is 11.8. The largest absolute Gasteiger partial charge is 0.324 e. The van der Waals surface area contributed by atoms with E-state index in [1.807, 2.05) is 25.1 Å². The van der Waals surface area contributed by atoms with Crippen LogP contribution < -0.4 is 10.8 Å². The van der Waals surface area contributed by atoms with Crippen LogP contribution in [0.2, 0.25) is 0 Å². The van der Waals surface area contributed by atoms with E-state index in [2.05, 4.69) is 10.3 Å². The monoisotopic (exact) mass is 431 g/mol. The minimum absolute atomic E-state index is 0.253. The third-order valence-corrected chi connectivity index (χ3v) is 6.02. The van der Waals surface area contributed by atoms with Crippen molar-refractivity contribution in [2.24, 2.45) is 0 Å². The van der Waals surface area contributed by atoms with Gasteiger partial charge in [0.05, 0.1) is 11.2 Å². The Morgan fingerprint density at radius 2 is 2.07 bits per heavy atom. The first-order chi connectivity index (χ1) is 14.5. The number of aryl methyl sites for hydroxylation is 1. The molecule has 0 radical (unpaired) electrons. The van der Waals surface area contributed by atoms with Crippen LogP contribution in [0.3, 0.4) is 0 Å². The highest BCUT2D eigenvalue weighted by molar-refractivity contribution is 7.09. The van der Waals surface area contributed by atoms with Crippen LogP contribution in [0.1, 0.15) is 23.4 Å². The van der Waals surface area contributed by atoms with Crippen LogP contribution in [-0.4, -0.2) is 63.5 Å². The number of aromatic nitrogens is 1. The number of rotatable bonds is 7. The van der Waals surface area contributed by atoms with E-state index >= 15 is 0 Å². The van der Waals surface area contributed by atoms with Crippen molar-refractivity contribution in [3.8, 4) is 0 Å². The number of anilines is 1. The first-order valence-electron chi connectivity index (χ1n) is 9.73. The molecule has 3 N–H and O–H groups in total. The third kappa shape index (κ3) is 5.33. The zero-order chi connectivity index (χ0) is 21.5. The highest BCUT2D eigenvalue weighted by Gasteiger charge is 2.36. The number of benzene rings is 1. The van der Waals surface area contributed by atoms with Gasteiger partial charge in [-0.2, -0.15) is 0 Å². The number of amides is 4. The molecular weight excluding hydrogens is 406 g/mol. The lowest BCUT2D eigenvalue weighted by molar-refractivity contribution is -0.129. The second-order valence-corrected chi connectivity index (χ2v) is 8.00. The van der Waals surface area contributed by atoms with E-state index in [1.165, 1.54) is 21.1 Å². The van der Waals surface area contributed by atoms with Crippen LogP contribution in [0.5, 0.6) is 0 Å². The number of hydroxylamine groups is 1. The van der Waals surface area contributed by atoms with Crippen LogP contribution in [0.25, 0.3) is 0 Å². The molecule has 1 aliphatic rings. The first-order valence-corrected chi connectivity index (χ1v) is 10.6. The van der Waals surface area contributed by atoms with E-state index in [4.69, 9.17) is 5.21 Å². The maximum Gasteiger partial charge on any atom is 0.321 e. The summed E-state index contributed by atoms with van der Waals surface area (Å²) in [6.07, 6.45) is 1.79. The van der Waals surface area contributed by atoms with E-state index in [9.17, 15) is 14.4 Å². The number of nitrogens with one attached hydrogen (secondary N) is 2. The number of likely N-dealkylation sites (tertiary alicyclic amines) is 1. The smallest absolute Gasteiger partial charge is 0.321 e. The fourth-order valence-electron chi connectivity index (χ4n) is 3.45. The molecule has 0 spiro atoms. The molecule has 0 unspecified atom stereocenters. The maximum atomic E-state index is 13.2. The summed E-state index contributed by atoms with van der Waals surface area (Å²) in [6, 6.07) is 8.07. The number of urea groups is 1. The molecule has 9 nitrogen and oxygen atoms in total. The van der Waals surface area contributed by atoms with Crippen molar-refractivity contribution in [1.82, 2.24) is 20.3 Å². The lowest BCUT2D eigenvalue weighted by Crippen LogP contribution is -2.52. The number of thiazole rings is 1. The Balaban J connectivity index is 1.70. The minimum atomic E-state index is -0.686. The predicted octanol–water partition coefficient (Wildman–Crippen LogP) is 2.02. The Kier molecular flexibility index (Phi) is 7.36. The fraction of sp³-hybridized carbons (Fsp3) is 0.400. The number of hydrogen-bond acceptors (Lipinski definition) is 6. The number of carbonyl (C=O) groups is 3. The van der Waals surface area contributed by atoms with Gasteiger partial charge in [-0.3, -0.25) is 14.8 Å². The summed E-state index contributed by atoms with van der Waals surface area (Å²) in [4.78, 5) is 45.8. The molecule has 2 heterocycles. The minimum Gasteiger partial charge on any atom is -0.324 e. The van der Waals surface area contributed by atoms with Crippen LogP contribution >= 0.6 is 11.3 Å². The number of para-hydroxylation sites is 1. The number of carbonyl (C=O) groups excluding carboxylic acids is 3. The Morgan fingerprint density at radius 3 is 2.73 bits per heavy atom. The maximum absolute atomic E-state index is 13.2. The van der Waals surface area contributed by atoms with E-state index in [1.54, 1.807) is 23.1 Å². The zero-order valence-corrected chi connectivity index (χ0v) is 17.5. The molecule has 0 bridgehead atoms. The van der Waals surface area contributed by atoms with Crippen molar-refractivity contribution >= 4 is 34.9 Å². The fourth-order valence-corrected chi connectivity index (χ4v) is 4.22. The van der Waals surface area contributed by atoms with Crippen molar-refractivity contribution < 1.29 is 19.6 Å². The summed E-state index contributed by atoms with van der Waals surface area (Å²) in [5.74, 6) is -0.939. The Labute approximate surface area is 178 Å². The lowest BCUT2D eigenvalue weighted by Gasteiger charge is -2.30. The van der Waals surface area contributed by atoms with E-state index in [-0.39, 0.29) is 19.0 Å². The molecule has 1 aliphatic heterocycles. The van der Waals surface area contributed by atoms with Crippen LogP contribution in [0.4, 0.5) is 10.5 Å². The quantitative estimate of drug-likeness (QED) is 0.458. The van der Waals surface area contributed by atoms with Gasteiger partial charge in [-0.05, 0) is 31.9 Å². The molecule has 3 rings (SSSR count). The molecule has 1 fully saturated rings. The second-order valence-electron chi connectivity index (χ2n) is 7.06. The average molecular weight is 432 g/mol. The van der Waals surface area contributed by atoms with Crippen molar-refractivity contribution in [2.45, 2.75) is 32.2 Å². The van der Waals surface area contributed by atoms with Gasteiger partial charge in [0.1, 0.15) is 12.6 Å². The molecule has 0 saturated carbocycles. The predicted molar refractivity (Wildman–Crippen MR) is 112 cm³/mol. The van der Waals surface area contributed by atoms with Gasteiger partial charge in [-0.1, -0.05) is 18.2 Å². The summed E-state index contributed by atoms with van der Waals surface area (Å²) in [6.45, 7) is 2.31. The van der Waals surface area contributed by atoms with Gasteiger partial charge in [-0.15, -0.1) is 11.3 Å². The van der Waals surface area contributed by atoms with Crippen LogP contribution in [0, 0.1) is 6.92 Å². The third-order valence-electron chi connectivity index (χ3n) is 5.03. The highest BCUT2D eigenvalue weighted by atomic mass is 32.1. The molecule has 1 saturated heterocycles. The molecule has 160 valence electrons. The normalized spacial score (nSPS) is 15.7. The van der Waals surface area contributed by atoms with Crippen molar-refractivity contribution in [2.75, 3.05) is 25.0 Å². The lowest BCUT2D eigenvalue weighted by atomic mass is 10.2. The summed E-state index contributed by atoms with van der Waals surface area (Å²) in [5.41, 5.74) is 4.86. The first kappa shape index (κ1) is 21.7. The van der Waals surface area contributed by atoms with Gasteiger partial charge in [0.2, 0.25) is 5.91 Å². The Bertz CT molecular complexity index is 888. The Hall–Kier alpha value is -2.98. The standard InChI is InChI=1S/C20H25N5O4S/c1-14-17(30-13-21-14)9-11-24(12-18(26)23-29)20(28)25-10-5-8-16(25)19(27)22-15-6-3-2-4-7-15/h2-4,6-7,13,16,29H,5,8-12H2,1H3,(H,22,27)(H,23,26)/t16-/m0/s1. The summed E-state index contributed by atoms with van der Waals surface area (Å²) >= 11 is 1.49. The van der Waals surface area contributed by atoms with Gasteiger partial charge in [0, 0.05) is 30.1 Å². The molecule has 1 aromatic carbocycles. The van der Waals surface area contributed by atoms with Crippen LogP contribution in [0.15, 0.2) is 35.8 Å². The van der Waals surface area contributed by atoms with Gasteiger partial charge in [0.15, 0.2) is 0 Å². The van der Waals surface area contributed by atoms with Crippen molar-refractivity contribution in [3.63, 3.8) is 0 Å². The molecule has 4 amide bonds. The molecule has 30 heavy (non-hydrogen) atoms. The van der Waals surface area contributed by atoms with Gasteiger partial charge in [0.25, 0.3) is 5.91 Å². The molecule has 10 heteroatoms. The Morgan fingerprint density at radius 1 is 1.30 bits per heavy atom. The van der Waals surface area contributed by atoms with E-state index in [0.717, 1.165) is 10.6 Å². The molecule has 1 atom stereocenters. The molecule has 1 aromatic heterocycles. The van der Waals surface area contributed by atoms with Crippen molar-refractivity contribution in [1.29, 1.82) is 0 Å². The second kappa shape index (κ2) is 10.2. The number of hydrogen-bond donors (Lipinski definition) is 3. The van der Waals surface area contributed by atoms with E-state index < -0.39 is 18.0 Å². The molecule has 2 aromatic rings. The van der Waals surface area contributed by atoms with E-state index in [0.29, 0.717) is 31.5 Å². The number of nitrogens with zero attached hydrogens (tertiary/aromatic N) is 3. The molecule has 0 aliphatic carbocycles. The van der Waals surface area contributed by atoms with Gasteiger partial charge >= 0.3 is 6.03 Å². The zero-order valence-electron chi connectivity index (χ0n) is 16.7.